The summed E-state index contributed by atoms with van der Waals surface area (Å²) < 4.78 is 8.25. The van der Waals surface area contributed by atoms with Gasteiger partial charge in [-0.05, 0) is 0 Å². The summed E-state index contributed by atoms with van der Waals surface area (Å²) >= 11 is 0.750. The average Bonchev–Trinajstić information content (AvgIpc) is 1.00. The summed E-state index contributed by atoms with van der Waals surface area (Å²) in [6.45, 7) is 0. The summed E-state index contributed by atoms with van der Waals surface area (Å²) in [5.74, 6) is 0. The van der Waals surface area contributed by atoms with Crippen molar-refractivity contribution in [2.24, 2.45) is 0 Å². The van der Waals surface area contributed by atoms with Crippen LogP contribution < -0.4 is 0 Å². The Morgan fingerprint density at radius 3 is 1.00 bits per heavy atom. The van der Waals surface area contributed by atoms with E-state index < -0.39 is 0 Å². The van der Waals surface area contributed by atoms with Crippen molar-refractivity contribution in [1.29, 1.82) is 0 Å². The predicted octanol–water partition coefficient (Wildman–Crippen LogP) is -0.740. The van der Waals surface area contributed by atoms with Gasteiger partial charge in [0.05, 0.1) is 0 Å². The summed E-state index contributed by atoms with van der Waals surface area (Å²) in [5.41, 5.74) is 0. The Kier molecular flexibility index (Phi) is 625. The van der Waals surface area contributed by atoms with Gasteiger partial charge in [-0.25, -0.2) is 0 Å². The van der Waals surface area contributed by atoms with Crippen LogP contribution >= 0.6 is 0 Å². The summed E-state index contributed by atoms with van der Waals surface area (Å²) in [6.07, 6.45) is 0. The molecule has 0 aromatic heterocycles. The van der Waals surface area contributed by atoms with Gasteiger partial charge >= 0.3 is 41.9 Å². The van der Waals surface area contributed by atoms with Crippen molar-refractivity contribution < 1.29 is 36.4 Å². The SMILES string of the molecule is [O-2].[O-2].[O]=[Ge].[Ti+4]. The van der Waals surface area contributed by atoms with E-state index in [4.69, 9.17) is 3.78 Å². The maximum atomic E-state index is 8.25. The Balaban J connectivity index is -0.00000000167. The first-order valence-electron chi connectivity index (χ1n) is 0.204. The molecule has 0 saturated carbocycles. The zero-order valence-electron chi connectivity index (χ0n) is 2.22. The molecule has 0 bridgehead atoms. The molecule has 2 radical (unpaired) electrons. The van der Waals surface area contributed by atoms with Gasteiger partial charge in [0.25, 0.3) is 0 Å². The number of hydrogen-bond acceptors (Lipinski definition) is 1. The molecule has 0 N–H and O–H groups in total. The number of rotatable bonds is 0. The summed E-state index contributed by atoms with van der Waals surface area (Å²) in [7, 11) is 0. The molecule has 0 aliphatic heterocycles. The van der Waals surface area contributed by atoms with Crippen LogP contribution in [0.3, 0.4) is 0 Å². The maximum Gasteiger partial charge on any atom is 4.00 e. The van der Waals surface area contributed by atoms with Crippen LogP contribution in [0.25, 0.3) is 0 Å². The third-order valence-electron chi connectivity index (χ3n) is 0. The molecular formula is GeO3Ti. The molecule has 0 saturated heterocycles. The first-order valence-corrected chi connectivity index (χ1v) is 1.06. The van der Waals surface area contributed by atoms with Crippen LogP contribution in [0.1, 0.15) is 0 Å². The van der Waals surface area contributed by atoms with E-state index in [9.17, 15) is 0 Å². The van der Waals surface area contributed by atoms with E-state index >= 15 is 0 Å². The second-order valence-corrected chi connectivity index (χ2v) is 0. The molecule has 0 aromatic rings. The zero-order chi connectivity index (χ0) is 2.00. The first-order chi connectivity index (χ1) is 1.00. The predicted molar refractivity (Wildman–Crippen MR) is 7.81 cm³/mol. The minimum atomic E-state index is 0. The fourth-order valence-corrected chi connectivity index (χ4v) is 0. The molecule has 0 aliphatic carbocycles. The third kappa shape index (κ3) is 46.2. The van der Waals surface area contributed by atoms with Crippen molar-refractivity contribution in [3.05, 3.63) is 0 Å². The van der Waals surface area contributed by atoms with Gasteiger partial charge in [0.2, 0.25) is 0 Å². The fourth-order valence-electron chi connectivity index (χ4n) is 0. The Labute approximate surface area is 53.1 Å². The number of hydrogen-bond donors (Lipinski definition) is 0. The molecule has 0 amide bonds. The second kappa shape index (κ2) is 82.5. The molecule has 5 heteroatoms. The fraction of sp³-hybridized carbons (Fsp3) is 0. The largest absolute Gasteiger partial charge is 4.00 e. The van der Waals surface area contributed by atoms with Crippen molar-refractivity contribution in [3.63, 3.8) is 0 Å². The molecule has 0 rings (SSSR count). The normalized spacial score (nSPS) is 0.800. The smallest absolute Gasteiger partial charge is 4.00 e. The Hall–Kier alpha value is 0.977. The Morgan fingerprint density at radius 1 is 1.00 bits per heavy atom. The summed E-state index contributed by atoms with van der Waals surface area (Å²) in [4.78, 5) is 0. The molecule has 3 nitrogen and oxygen atoms in total. The van der Waals surface area contributed by atoms with E-state index in [-0.39, 0.29) is 32.7 Å². The average molecular weight is 168 g/mol. The minimum Gasteiger partial charge on any atom is 4.00 e. The van der Waals surface area contributed by atoms with Gasteiger partial charge in [-0.2, -0.15) is 0 Å². The molecule has 0 unspecified atom stereocenters. The van der Waals surface area contributed by atoms with Crippen LogP contribution in [-0.2, 0) is 36.4 Å². The van der Waals surface area contributed by atoms with Crippen LogP contribution in [-0.4, -0.2) is 16.5 Å². The molecule has 0 heterocycles. The molecule has 0 aliphatic rings. The van der Waals surface area contributed by atoms with Crippen molar-refractivity contribution >= 4 is 16.5 Å². The quantitative estimate of drug-likeness (QED) is 0.439. The van der Waals surface area contributed by atoms with Crippen molar-refractivity contribution in [3.8, 4) is 0 Å². The Bertz CT molecular complexity index is 6.85. The van der Waals surface area contributed by atoms with Gasteiger partial charge in [0.1, 0.15) is 0 Å². The molecule has 0 fully saturated rings. The minimum absolute atomic E-state index is 0. The molecule has 0 spiro atoms. The van der Waals surface area contributed by atoms with Crippen molar-refractivity contribution in [1.82, 2.24) is 0 Å². The topological polar surface area (TPSA) is 74.1 Å². The molecule has 26 valence electrons. The van der Waals surface area contributed by atoms with Crippen LogP contribution in [0.4, 0.5) is 0 Å². The molecular weight excluding hydrogens is 168 g/mol. The van der Waals surface area contributed by atoms with Crippen molar-refractivity contribution in [2.75, 3.05) is 0 Å². The summed E-state index contributed by atoms with van der Waals surface area (Å²) in [5, 5.41) is 0. The van der Waals surface area contributed by atoms with Gasteiger partial charge in [-0.1, -0.05) is 0 Å². The van der Waals surface area contributed by atoms with Crippen LogP contribution in [0.2, 0.25) is 0 Å². The van der Waals surface area contributed by atoms with E-state index in [0.717, 1.165) is 16.5 Å². The van der Waals surface area contributed by atoms with Gasteiger partial charge < -0.3 is 11.0 Å². The van der Waals surface area contributed by atoms with E-state index in [1.165, 1.54) is 0 Å². The van der Waals surface area contributed by atoms with E-state index in [1.54, 1.807) is 0 Å². The second-order valence-electron chi connectivity index (χ2n) is 0. The maximum absolute atomic E-state index is 8.25. The zero-order valence-corrected chi connectivity index (χ0v) is 5.88. The van der Waals surface area contributed by atoms with E-state index in [0.29, 0.717) is 0 Å². The van der Waals surface area contributed by atoms with E-state index in [1.807, 2.05) is 0 Å². The van der Waals surface area contributed by atoms with Gasteiger partial charge in [-0.3, -0.25) is 0 Å². The Morgan fingerprint density at radius 2 is 1.00 bits per heavy atom. The molecule has 0 atom stereocenters. The monoisotopic (exact) mass is 170 g/mol. The van der Waals surface area contributed by atoms with Gasteiger partial charge in [-0.15, -0.1) is 0 Å². The van der Waals surface area contributed by atoms with E-state index in [2.05, 4.69) is 0 Å². The standard InChI is InChI=1S/GeO.2O.Ti/c1-2;;;/q;2*-2;+4. The van der Waals surface area contributed by atoms with Gasteiger partial charge in [0, 0.05) is 0 Å². The summed E-state index contributed by atoms with van der Waals surface area (Å²) in [6, 6.07) is 0. The van der Waals surface area contributed by atoms with Crippen LogP contribution in [0.15, 0.2) is 0 Å². The molecule has 5 heavy (non-hydrogen) atoms. The molecule has 0 aromatic carbocycles. The van der Waals surface area contributed by atoms with Crippen molar-refractivity contribution in [2.45, 2.75) is 0 Å². The first kappa shape index (κ1) is 37.9. The van der Waals surface area contributed by atoms with Crippen LogP contribution in [0, 0.1) is 0 Å². The van der Waals surface area contributed by atoms with Crippen LogP contribution in [0.5, 0.6) is 0 Å². The third-order valence-corrected chi connectivity index (χ3v) is 0. The van der Waals surface area contributed by atoms with Gasteiger partial charge in [0.15, 0.2) is 0 Å².